The van der Waals surface area contributed by atoms with Gasteiger partial charge in [0, 0.05) is 32.7 Å². The van der Waals surface area contributed by atoms with Gasteiger partial charge in [0.1, 0.15) is 0 Å². The van der Waals surface area contributed by atoms with Crippen LogP contribution in [0.15, 0.2) is 17.6 Å². The Balaban J connectivity index is 2.15. The van der Waals surface area contributed by atoms with Crippen molar-refractivity contribution in [2.75, 3.05) is 32.7 Å². The Kier molecular flexibility index (Phi) is 6.75. The topological polar surface area (TPSA) is 62.9 Å². The summed E-state index contributed by atoms with van der Waals surface area (Å²) in [6.07, 6.45) is 3.45. The van der Waals surface area contributed by atoms with Crippen molar-refractivity contribution >= 4 is 5.96 Å². The lowest BCUT2D eigenvalue weighted by molar-refractivity contribution is -0.0679. The molecule has 0 amide bonds. The van der Waals surface area contributed by atoms with E-state index >= 15 is 0 Å². The number of morpholine rings is 1. The lowest BCUT2D eigenvalue weighted by Gasteiger charge is -2.35. The summed E-state index contributed by atoms with van der Waals surface area (Å²) in [4.78, 5) is 6.69. The van der Waals surface area contributed by atoms with Crippen LogP contribution in [0.25, 0.3) is 0 Å². The van der Waals surface area contributed by atoms with Crippen LogP contribution in [0.3, 0.4) is 0 Å². The minimum absolute atomic E-state index is 0.330. The molecule has 5 nitrogen and oxygen atoms in total. The summed E-state index contributed by atoms with van der Waals surface area (Å²) in [5, 5.41) is 2.96. The largest absolute Gasteiger partial charge is 0.373 e. The molecule has 1 fully saturated rings. The van der Waals surface area contributed by atoms with Crippen molar-refractivity contribution in [3.8, 4) is 0 Å². The van der Waals surface area contributed by atoms with Crippen LogP contribution in [-0.4, -0.2) is 55.8 Å². The molecular weight excluding hydrogens is 228 g/mol. The summed E-state index contributed by atoms with van der Waals surface area (Å²) in [7, 11) is 0. The van der Waals surface area contributed by atoms with Crippen molar-refractivity contribution < 1.29 is 4.74 Å². The van der Waals surface area contributed by atoms with E-state index < -0.39 is 0 Å². The number of hydrogen-bond donors (Lipinski definition) is 2. The third kappa shape index (κ3) is 6.02. The SMILES string of the molecule is C=CCNC(N)=NCCCN1CC(C)OC(C)C1. The first-order valence-electron chi connectivity index (χ1n) is 6.64. The standard InChI is InChI=1S/C13H26N4O/c1-4-6-15-13(14)16-7-5-8-17-9-11(2)18-12(3)10-17/h4,11-12H,1,5-10H2,2-3H3,(H3,14,15,16). The molecule has 0 saturated carbocycles. The Hall–Kier alpha value is -1.07. The molecule has 0 aromatic heterocycles. The molecule has 18 heavy (non-hydrogen) atoms. The molecule has 1 aliphatic rings. The van der Waals surface area contributed by atoms with Gasteiger partial charge in [-0.1, -0.05) is 6.08 Å². The Bertz CT molecular complexity index is 270. The summed E-state index contributed by atoms with van der Waals surface area (Å²) in [5.74, 6) is 0.499. The number of aliphatic imine (C=N–C) groups is 1. The second-order valence-electron chi connectivity index (χ2n) is 4.81. The van der Waals surface area contributed by atoms with Gasteiger partial charge in [0.2, 0.25) is 0 Å². The molecule has 1 aliphatic heterocycles. The smallest absolute Gasteiger partial charge is 0.188 e. The lowest BCUT2D eigenvalue weighted by Crippen LogP contribution is -2.45. The minimum atomic E-state index is 0.330. The number of guanidine groups is 1. The van der Waals surface area contributed by atoms with Crippen LogP contribution < -0.4 is 11.1 Å². The summed E-state index contributed by atoms with van der Waals surface area (Å²) in [6.45, 7) is 12.4. The molecule has 0 spiro atoms. The second-order valence-corrected chi connectivity index (χ2v) is 4.81. The van der Waals surface area contributed by atoms with E-state index in [9.17, 15) is 0 Å². The maximum Gasteiger partial charge on any atom is 0.188 e. The molecule has 2 atom stereocenters. The number of nitrogens with two attached hydrogens (primary N) is 1. The molecular formula is C13H26N4O. The van der Waals surface area contributed by atoms with Gasteiger partial charge in [0.25, 0.3) is 0 Å². The van der Waals surface area contributed by atoms with Crippen LogP contribution in [0, 0.1) is 0 Å². The number of hydrogen-bond acceptors (Lipinski definition) is 3. The quantitative estimate of drug-likeness (QED) is 0.315. The molecule has 1 heterocycles. The average Bonchev–Trinajstić information content (AvgIpc) is 2.31. The first kappa shape index (κ1) is 15.0. The molecule has 0 aliphatic carbocycles. The van der Waals surface area contributed by atoms with Crippen molar-refractivity contribution in [3.63, 3.8) is 0 Å². The maximum atomic E-state index is 5.70. The fourth-order valence-electron chi connectivity index (χ4n) is 2.19. The van der Waals surface area contributed by atoms with Crippen LogP contribution in [0.5, 0.6) is 0 Å². The Morgan fingerprint density at radius 2 is 2.17 bits per heavy atom. The molecule has 0 bridgehead atoms. The molecule has 0 radical (unpaired) electrons. The maximum absolute atomic E-state index is 5.70. The van der Waals surface area contributed by atoms with Gasteiger partial charge in [-0.25, -0.2) is 0 Å². The average molecular weight is 254 g/mol. The fourth-order valence-corrected chi connectivity index (χ4v) is 2.19. The highest BCUT2D eigenvalue weighted by atomic mass is 16.5. The molecule has 0 aromatic rings. The zero-order valence-electron chi connectivity index (χ0n) is 11.6. The zero-order valence-corrected chi connectivity index (χ0v) is 11.6. The van der Waals surface area contributed by atoms with Crippen LogP contribution >= 0.6 is 0 Å². The Morgan fingerprint density at radius 1 is 1.50 bits per heavy atom. The highest BCUT2D eigenvalue weighted by Crippen LogP contribution is 2.10. The fraction of sp³-hybridized carbons (Fsp3) is 0.769. The molecule has 3 N–H and O–H groups in total. The number of nitrogens with zero attached hydrogens (tertiary/aromatic N) is 2. The molecule has 1 rings (SSSR count). The van der Waals surface area contributed by atoms with E-state index in [1.165, 1.54) is 0 Å². The van der Waals surface area contributed by atoms with E-state index in [1.807, 2.05) is 0 Å². The van der Waals surface area contributed by atoms with E-state index in [0.29, 0.717) is 24.7 Å². The zero-order chi connectivity index (χ0) is 13.4. The Labute approximate surface area is 110 Å². The van der Waals surface area contributed by atoms with Crippen molar-refractivity contribution in [1.82, 2.24) is 10.2 Å². The number of ether oxygens (including phenoxy) is 1. The van der Waals surface area contributed by atoms with E-state index in [4.69, 9.17) is 10.5 Å². The summed E-state index contributed by atoms with van der Waals surface area (Å²) >= 11 is 0. The van der Waals surface area contributed by atoms with Crippen LogP contribution in [0.2, 0.25) is 0 Å². The predicted octanol–water partition coefficient (Wildman–Crippen LogP) is 0.576. The first-order valence-corrected chi connectivity index (χ1v) is 6.64. The van der Waals surface area contributed by atoms with Crippen LogP contribution in [-0.2, 0) is 4.74 Å². The normalized spacial score (nSPS) is 26.0. The van der Waals surface area contributed by atoms with Gasteiger partial charge in [0.15, 0.2) is 5.96 Å². The van der Waals surface area contributed by atoms with Crippen LogP contribution in [0.4, 0.5) is 0 Å². The third-order valence-electron chi connectivity index (χ3n) is 2.84. The molecule has 1 saturated heterocycles. The van der Waals surface area contributed by atoms with Gasteiger partial charge in [-0.05, 0) is 20.3 Å². The monoisotopic (exact) mass is 254 g/mol. The van der Waals surface area contributed by atoms with Crippen LogP contribution in [0.1, 0.15) is 20.3 Å². The molecule has 104 valence electrons. The van der Waals surface area contributed by atoms with Crippen molar-refractivity contribution in [1.29, 1.82) is 0 Å². The molecule has 2 unspecified atom stereocenters. The van der Waals surface area contributed by atoms with E-state index in [0.717, 1.165) is 32.6 Å². The molecule has 0 aromatic carbocycles. The highest BCUT2D eigenvalue weighted by molar-refractivity contribution is 5.77. The summed E-state index contributed by atoms with van der Waals surface area (Å²) < 4.78 is 5.70. The minimum Gasteiger partial charge on any atom is -0.373 e. The predicted molar refractivity (Wildman–Crippen MR) is 75.8 cm³/mol. The number of nitrogens with one attached hydrogen (secondary N) is 1. The van der Waals surface area contributed by atoms with Gasteiger partial charge >= 0.3 is 0 Å². The first-order chi connectivity index (χ1) is 8.61. The van der Waals surface area contributed by atoms with Gasteiger partial charge in [-0.15, -0.1) is 6.58 Å². The van der Waals surface area contributed by atoms with Crippen molar-refractivity contribution in [2.45, 2.75) is 32.5 Å². The van der Waals surface area contributed by atoms with Gasteiger partial charge in [0.05, 0.1) is 12.2 Å². The third-order valence-corrected chi connectivity index (χ3v) is 2.84. The summed E-state index contributed by atoms with van der Waals surface area (Å²) in [6, 6.07) is 0. The summed E-state index contributed by atoms with van der Waals surface area (Å²) in [5.41, 5.74) is 5.68. The highest BCUT2D eigenvalue weighted by Gasteiger charge is 2.21. The number of rotatable bonds is 6. The van der Waals surface area contributed by atoms with Gasteiger partial charge in [-0.2, -0.15) is 0 Å². The second kappa shape index (κ2) is 8.11. The van der Waals surface area contributed by atoms with Gasteiger partial charge in [-0.3, -0.25) is 9.89 Å². The van der Waals surface area contributed by atoms with Gasteiger partial charge < -0.3 is 15.8 Å². The Morgan fingerprint density at radius 3 is 2.78 bits per heavy atom. The lowest BCUT2D eigenvalue weighted by atomic mass is 10.2. The van der Waals surface area contributed by atoms with Crippen molar-refractivity contribution in [2.24, 2.45) is 10.7 Å². The van der Waals surface area contributed by atoms with E-state index in [-0.39, 0.29) is 0 Å². The van der Waals surface area contributed by atoms with E-state index in [2.05, 4.69) is 35.6 Å². The molecule has 5 heteroatoms. The van der Waals surface area contributed by atoms with E-state index in [1.54, 1.807) is 6.08 Å². The van der Waals surface area contributed by atoms with Crippen molar-refractivity contribution in [3.05, 3.63) is 12.7 Å².